The predicted molar refractivity (Wildman–Crippen MR) is 62.4 cm³/mol. The Morgan fingerprint density at radius 2 is 0.900 bits per heavy atom. The first kappa shape index (κ1) is 11.4. The van der Waals surface area contributed by atoms with Gasteiger partial charge in [0.05, 0.1) is 0 Å². The molecule has 0 aliphatic heterocycles. The van der Waals surface area contributed by atoms with Crippen molar-refractivity contribution in [3.8, 4) is 0 Å². The fourth-order valence-electron chi connectivity index (χ4n) is 0.571. The molecule has 0 nitrogen and oxygen atoms in total. The van der Waals surface area contributed by atoms with Crippen LogP contribution >= 0.6 is 50.5 Å². The maximum absolute atomic E-state index is 4.36. The van der Waals surface area contributed by atoms with E-state index in [9.17, 15) is 0 Å². The second-order valence-corrected chi connectivity index (χ2v) is 5.28. The largest absolute Gasteiger partial charge is 0.175 e. The average Bonchev–Trinajstić information content (AvgIpc) is 1.84. The first-order valence-corrected chi connectivity index (χ1v) is 5.25. The van der Waals surface area contributed by atoms with Gasteiger partial charge in [-0.15, -0.1) is 0 Å². The molecular weight excluding hydrogens is 200 g/mol. The van der Waals surface area contributed by atoms with Crippen LogP contribution in [-0.4, -0.2) is 21.0 Å². The first-order chi connectivity index (χ1) is 4.46. The molecule has 0 rings (SSSR count). The Kier molecular flexibility index (Phi) is 5.83. The Hall–Kier alpha value is 1.40. The van der Waals surface area contributed by atoms with Gasteiger partial charge < -0.3 is 0 Å². The van der Waals surface area contributed by atoms with E-state index in [4.69, 9.17) is 0 Å². The van der Waals surface area contributed by atoms with E-state index in [1.165, 1.54) is 0 Å². The Bertz CT molecular complexity index is 79.7. The average molecular weight is 214 g/mol. The van der Waals surface area contributed by atoms with Crippen molar-refractivity contribution >= 4 is 50.5 Å². The zero-order valence-electron chi connectivity index (χ0n) is 6.10. The minimum Gasteiger partial charge on any atom is -0.175 e. The van der Waals surface area contributed by atoms with Crippen LogP contribution in [0, 0.1) is 0 Å². The topological polar surface area (TPSA) is 0 Å². The summed E-state index contributed by atoms with van der Waals surface area (Å²) in [5, 5.41) is 0.944. The number of thiol groups is 4. The molecule has 4 atom stereocenters. The van der Waals surface area contributed by atoms with Gasteiger partial charge in [0, 0.05) is 21.0 Å². The predicted octanol–water partition coefficient (Wildman–Crippen LogP) is 2.22. The van der Waals surface area contributed by atoms with Gasteiger partial charge in [0.25, 0.3) is 0 Å². The summed E-state index contributed by atoms with van der Waals surface area (Å²) in [6.45, 7) is 4.03. The monoisotopic (exact) mass is 214 g/mol. The van der Waals surface area contributed by atoms with Crippen LogP contribution in [-0.2, 0) is 0 Å². The summed E-state index contributed by atoms with van der Waals surface area (Å²) < 4.78 is 0. The van der Waals surface area contributed by atoms with Crippen molar-refractivity contribution in [3.63, 3.8) is 0 Å². The molecule has 0 aromatic heterocycles. The zero-order chi connectivity index (χ0) is 8.31. The summed E-state index contributed by atoms with van der Waals surface area (Å²) in [6, 6.07) is 0. The van der Waals surface area contributed by atoms with E-state index in [1.807, 2.05) is 13.8 Å². The summed E-state index contributed by atoms with van der Waals surface area (Å²) in [5.41, 5.74) is 0. The summed E-state index contributed by atoms with van der Waals surface area (Å²) in [6.07, 6.45) is 0. The highest BCUT2D eigenvalue weighted by Gasteiger charge is 2.21. The molecule has 10 heavy (non-hydrogen) atoms. The van der Waals surface area contributed by atoms with E-state index in [-0.39, 0.29) is 21.0 Å². The molecule has 0 spiro atoms. The van der Waals surface area contributed by atoms with Gasteiger partial charge in [0.2, 0.25) is 0 Å². The van der Waals surface area contributed by atoms with Gasteiger partial charge >= 0.3 is 0 Å². The number of rotatable bonds is 3. The van der Waals surface area contributed by atoms with Crippen LogP contribution in [0.4, 0.5) is 0 Å². The van der Waals surface area contributed by atoms with Crippen molar-refractivity contribution in [2.75, 3.05) is 0 Å². The van der Waals surface area contributed by atoms with Crippen molar-refractivity contribution in [2.45, 2.75) is 34.8 Å². The fourth-order valence-corrected chi connectivity index (χ4v) is 1.73. The van der Waals surface area contributed by atoms with Gasteiger partial charge in [-0.05, 0) is 0 Å². The smallest absolute Gasteiger partial charge is 0.0258 e. The maximum Gasteiger partial charge on any atom is 0.0258 e. The molecule has 0 bridgehead atoms. The van der Waals surface area contributed by atoms with Gasteiger partial charge in [-0.3, -0.25) is 0 Å². The molecule has 0 saturated carbocycles. The Morgan fingerprint density at radius 3 is 1.00 bits per heavy atom. The zero-order valence-corrected chi connectivity index (χ0v) is 9.68. The normalized spacial score (nSPS) is 23.4. The van der Waals surface area contributed by atoms with E-state index in [2.05, 4.69) is 50.5 Å². The van der Waals surface area contributed by atoms with Gasteiger partial charge in [-0.25, -0.2) is 0 Å². The van der Waals surface area contributed by atoms with Crippen LogP contribution in [0.5, 0.6) is 0 Å². The lowest BCUT2D eigenvalue weighted by Gasteiger charge is -2.23. The number of hydrogen-bond donors (Lipinski definition) is 4. The summed E-state index contributed by atoms with van der Waals surface area (Å²) in [7, 11) is 0. The molecule has 0 aliphatic rings. The maximum atomic E-state index is 4.36. The highest BCUT2D eigenvalue weighted by atomic mass is 32.1. The van der Waals surface area contributed by atoms with E-state index in [0.29, 0.717) is 0 Å². The van der Waals surface area contributed by atoms with Gasteiger partial charge in [0.15, 0.2) is 0 Å². The van der Waals surface area contributed by atoms with Crippen LogP contribution in [0.3, 0.4) is 0 Å². The van der Waals surface area contributed by atoms with Gasteiger partial charge in [0.1, 0.15) is 0 Å². The lowest BCUT2D eigenvalue weighted by atomic mass is 10.2. The highest BCUT2D eigenvalue weighted by Crippen LogP contribution is 2.22. The third-order valence-electron chi connectivity index (χ3n) is 1.34. The standard InChI is InChI=1S/C6H14S4/c1-3(7)5(9)6(10)4(2)8/h3-10H,1-2H3. The van der Waals surface area contributed by atoms with Crippen molar-refractivity contribution in [1.82, 2.24) is 0 Å². The van der Waals surface area contributed by atoms with Crippen molar-refractivity contribution < 1.29 is 0 Å². The molecule has 0 fully saturated rings. The Labute approximate surface area is 85.2 Å². The molecular formula is C6H14S4. The number of hydrogen-bond acceptors (Lipinski definition) is 4. The molecule has 0 amide bonds. The van der Waals surface area contributed by atoms with Crippen LogP contribution in [0.1, 0.15) is 13.8 Å². The third kappa shape index (κ3) is 3.69. The molecule has 0 heterocycles. The van der Waals surface area contributed by atoms with E-state index >= 15 is 0 Å². The summed E-state index contributed by atoms with van der Waals surface area (Å²) in [5.74, 6) is 0. The summed E-state index contributed by atoms with van der Waals surface area (Å²) >= 11 is 17.3. The molecule has 62 valence electrons. The SMILES string of the molecule is CC(S)C(S)C(S)C(C)S. The molecule has 0 saturated heterocycles. The molecule has 0 aromatic rings. The summed E-state index contributed by atoms with van der Waals surface area (Å²) in [4.78, 5) is 0. The molecule has 4 unspecified atom stereocenters. The molecule has 4 heteroatoms. The molecule has 0 N–H and O–H groups in total. The van der Waals surface area contributed by atoms with Crippen LogP contribution in [0.15, 0.2) is 0 Å². The second-order valence-electron chi connectivity index (χ2n) is 2.46. The minimum atomic E-state index is 0.208. The highest BCUT2D eigenvalue weighted by molar-refractivity contribution is 7.88. The van der Waals surface area contributed by atoms with Crippen LogP contribution in [0.25, 0.3) is 0 Å². The van der Waals surface area contributed by atoms with Crippen LogP contribution < -0.4 is 0 Å². The molecule has 0 radical (unpaired) electrons. The van der Waals surface area contributed by atoms with E-state index in [0.717, 1.165) is 0 Å². The van der Waals surface area contributed by atoms with Crippen LogP contribution in [0.2, 0.25) is 0 Å². The van der Waals surface area contributed by atoms with Crippen molar-refractivity contribution in [3.05, 3.63) is 0 Å². The lowest BCUT2D eigenvalue weighted by Crippen LogP contribution is -2.29. The molecule has 0 aliphatic carbocycles. The molecule has 0 aromatic carbocycles. The van der Waals surface area contributed by atoms with Crippen molar-refractivity contribution in [2.24, 2.45) is 0 Å². The van der Waals surface area contributed by atoms with E-state index in [1.54, 1.807) is 0 Å². The Balaban J connectivity index is 3.81. The van der Waals surface area contributed by atoms with Crippen molar-refractivity contribution in [1.29, 1.82) is 0 Å². The van der Waals surface area contributed by atoms with E-state index < -0.39 is 0 Å². The fraction of sp³-hybridized carbons (Fsp3) is 1.00. The minimum absolute atomic E-state index is 0.208. The Morgan fingerprint density at radius 1 is 0.700 bits per heavy atom. The third-order valence-corrected chi connectivity index (χ3v) is 4.22. The quantitative estimate of drug-likeness (QED) is 0.509. The van der Waals surface area contributed by atoms with Gasteiger partial charge in [-0.1, -0.05) is 13.8 Å². The lowest BCUT2D eigenvalue weighted by molar-refractivity contribution is 0.774. The second kappa shape index (κ2) is 5.12. The van der Waals surface area contributed by atoms with Gasteiger partial charge in [-0.2, -0.15) is 50.5 Å². The first-order valence-electron chi connectivity index (χ1n) is 3.19.